The summed E-state index contributed by atoms with van der Waals surface area (Å²) in [6.45, 7) is 5.81. The summed E-state index contributed by atoms with van der Waals surface area (Å²) in [6, 6.07) is -0.204. The summed E-state index contributed by atoms with van der Waals surface area (Å²) in [5.41, 5.74) is 0. The predicted octanol–water partition coefficient (Wildman–Crippen LogP) is 0.0905. The summed E-state index contributed by atoms with van der Waals surface area (Å²) in [7, 11) is -3.28. The highest BCUT2D eigenvalue weighted by Gasteiger charge is 2.37. The van der Waals surface area contributed by atoms with Crippen molar-refractivity contribution in [3.05, 3.63) is 12.7 Å². The van der Waals surface area contributed by atoms with E-state index in [2.05, 4.69) is 28.7 Å². The topological polar surface area (TPSA) is 97.2 Å². The van der Waals surface area contributed by atoms with Crippen LogP contribution in [0, 0.1) is 11.8 Å². The van der Waals surface area contributed by atoms with Crippen molar-refractivity contribution < 1.29 is 13.2 Å². The Morgan fingerprint density at radius 1 is 1.39 bits per heavy atom. The molecular weight excluding hydrogens is 318 g/mol. The van der Waals surface area contributed by atoms with Gasteiger partial charge in [-0.25, -0.2) is 18.1 Å². The number of nitrogens with one attached hydrogen (secondary N) is 1. The minimum Gasteiger partial charge on any atom is -0.341 e. The van der Waals surface area contributed by atoms with Crippen molar-refractivity contribution in [2.45, 2.75) is 39.3 Å². The van der Waals surface area contributed by atoms with Crippen LogP contribution in [-0.4, -0.2) is 59.4 Å². The number of carbonyl (C=O) groups is 1. The lowest BCUT2D eigenvalue weighted by molar-refractivity contribution is -0.130. The molecule has 1 amide bonds. The Hall–Kier alpha value is -1.48. The fourth-order valence-corrected chi connectivity index (χ4v) is 3.81. The van der Waals surface area contributed by atoms with E-state index in [0.29, 0.717) is 38.4 Å². The molecule has 9 heteroatoms. The number of aryl methyl sites for hydroxylation is 1. The van der Waals surface area contributed by atoms with Crippen molar-refractivity contribution in [1.29, 1.82) is 0 Å². The molecule has 1 fully saturated rings. The second-order valence-electron chi connectivity index (χ2n) is 6.47. The Morgan fingerprint density at radius 3 is 2.70 bits per heavy atom. The number of carbonyl (C=O) groups excluding carboxylic acids is 1. The maximum Gasteiger partial charge on any atom is 0.222 e. The molecule has 1 aliphatic heterocycles. The van der Waals surface area contributed by atoms with Crippen LogP contribution in [0.25, 0.3) is 0 Å². The lowest BCUT2D eigenvalue weighted by atomic mass is 9.92. The van der Waals surface area contributed by atoms with E-state index in [1.807, 2.05) is 0 Å². The van der Waals surface area contributed by atoms with Gasteiger partial charge in [-0.1, -0.05) is 13.8 Å². The normalized spacial score (nSPS) is 22.0. The third-order valence-electron chi connectivity index (χ3n) is 4.18. The van der Waals surface area contributed by atoms with Gasteiger partial charge in [-0.05, 0) is 18.3 Å². The Morgan fingerprint density at radius 2 is 2.13 bits per heavy atom. The maximum atomic E-state index is 12.4. The average molecular weight is 343 g/mol. The van der Waals surface area contributed by atoms with Gasteiger partial charge in [0.05, 0.1) is 6.26 Å². The fraction of sp³-hybridized carbons (Fsp3) is 0.786. The second-order valence-corrected chi connectivity index (χ2v) is 8.25. The van der Waals surface area contributed by atoms with Gasteiger partial charge < -0.3 is 4.90 Å². The molecule has 2 rings (SSSR count). The molecule has 0 aliphatic carbocycles. The molecule has 1 aliphatic rings. The predicted molar refractivity (Wildman–Crippen MR) is 85.9 cm³/mol. The van der Waals surface area contributed by atoms with Crippen molar-refractivity contribution in [3.8, 4) is 0 Å². The second kappa shape index (κ2) is 7.39. The first-order valence-electron chi connectivity index (χ1n) is 7.84. The van der Waals surface area contributed by atoms with E-state index >= 15 is 0 Å². The standard InChI is InChI=1S/C14H25N5O3S/c1-11(2)12-7-18(8-13(12)17-23(3,21)22)14(20)5-4-6-19-10-15-9-16-19/h9-13,17H,4-8H2,1-3H3. The minimum absolute atomic E-state index is 0.0635. The van der Waals surface area contributed by atoms with Crippen LogP contribution in [0.2, 0.25) is 0 Å². The molecule has 2 heterocycles. The van der Waals surface area contributed by atoms with Crippen LogP contribution in [0.1, 0.15) is 26.7 Å². The number of likely N-dealkylation sites (tertiary alicyclic amines) is 1. The quantitative estimate of drug-likeness (QED) is 0.757. The van der Waals surface area contributed by atoms with Gasteiger partial charge in [-0.2, -0.15) is 5.10 Å². The monoisotopic (exact) mass is 343 g/mol. The third kappa shape index (κ3) is 5.28. The largest absolute Gasteiger partial charge is 0.341 e. The molecule has 0 saturated carbocycles. The summed E-state index contributed by atoms with van der Waals surface area (Å²) >= 11 is 0. The van der Waals surface area contributed by atoms with Gasteiger partial charge in [0.2, 0.25) is 15.9 Å². The zero-order chi connectivity index (χ0) is 17.0. The fourth-order valence-electron chi connectivity index (χ4n) is 3.01. The molecule has 0 spiro atoms. The molecular formula is C14H25N5O3S. The smallest absolute Gasteiger partial charge is 0.222 e. The van der Waals surface area contributed by atoms with E-state index in [9.17, 15) is 13.2 Å². The number of hydrogen-bond donors (Lipinski definition) is 1. The molecule has 1 aromatic rings. The van der Waals surface area contributed by atoms with Crippen LogP contribution in [0.3, 0.4) is 0 Å². The highest BCUT2D eigenvalue weighted by Crippen LogP contribution is 2.25. The van der Waals surface area contributed by atoms with Crippen LogP contribution >= 0.6 is 0 Å². The zero-order valence-corrected chi connectivity index (χ0v) is 14.7. The highest BCUT2D eigenvalue weighted by molar-refractivity contribution is 7.88. The van der Waals surface area contributed by atoms with Gasteiger partial charge >= 0.3 is 0 Å². The van der Waals surface area contributed by atoms with Crippen LogP contribution in [0.15, 0.2) is 12.7 Å². The molecule has 1 saturated heterocycles. The van der Waals surface area contributed by atoms with E-state index in [0.717, 1.165) is 6.26 Å². The molecule has 0 bridgehead atoms. The van der Waals surface area contributed by atoms with E-state index in [1.165, 1.54) is 6.33 Å². The van der Waals surface area contributed by atoms with Crippen LogP contribution < -0.4 is 4.72 Å². The lowest BCUT2D eigenvalue weighted by Gasteiger charge is -2.21. The van der Waals surface area contributed by atoms with Crippen molar-refractivity contribution in [2.24, 2.45) is 11.8 Å². The van der Waals surface area contributed by atoms with Crippen LogP contribution in [0.4, 0.5) is 0 Å². The molecule has 0 radical (unpaired) electrons. The number of hydrogen-bond acceptors (Lipinski definition) is 5. The number of amides is 1. The first-order chi connectivity index (χ1) is 10.8. The highest BCUT2D eigenvalue weighted by atomic mass is 32.2. The molecule has 1 aromatic heterocycles. The Labute approximate surface area is 137 Å². The molecule has 130 valence electrons. The number of aromatic nitrogens is 3. The molecule has 1 N–H and O–H groups in total. The van der Waals surface area contributed by atoms with Gasteiger partial charge in [-0.3, -0.25) is 9.48 Å². The van der Waals surface area contributed by atoms with Crippen molar-refractivity contribution >= 4 is 15.9 Å². The summed E-state index contributed by atoms with van der Waals surface area (Å²) in [5, 5.41) is 4.00. The van der Waals surface area contributed by atoms with E-state index in [1.54, 1.807) is 15.9 Å². The van der Waals surface area contributed by atoms with E-state index in [-0.39, 0.29) is 17.9 Å². The van der Waals surface area contributed by atoms with Crippen molar-refractivity contribution in [3.63, 3.8) is 0 Å². The van der Waals surface area contributed by atoms with Crippen molar-refractivity contribution in [1.82, 2.24) is 24.4 Å². The van der Waals surface area contributed by atoms with Gasteiger partial charge in [-0.15, -0.1) is 0 Å². The summed E-state index contributed by atoms with van der Waals surface area (Å²) in [6.07, 6.45) is 5.37. The molecule has 0 aromatic carbocycles. The summed E-state index contributed by atoms with van der Waals surface area (Å²) in [4.78, 5) is 18.0. The minimum atomic E-state index is -3.28. The van der Waals surface area contributed by atoms with E-state index < -0.39 is 10.0 Å². The molecule has 2 unspecified atom stereocenters. The number of rotatable bonds is 7. The van der Waals surface area contributed by atoms with Crippen molar-refractivity contribution in [2.75, 3.05) is 19.3 Å². The van der Waals surface area contributed by atoms with Gasteiger partial charge in [0, 0.05) is 32.1 Å². The third-order valence-corrected chi connectivity index (χ3v) is 4.91. The Kier molecular flexibility index (Phi) is 5.74. The number of sulfonamides is 1. The van der Waals surface area contributed by atoms with Gasteiger partial charge in [0.15, 0.2) is 0 Å². The Bertz CT molecular complexity index is 614. The average Bonchev–Trinajstić information content (AvgIpc) is 3.06. The summed E-state index contributed by atoms with van der Waals surface area (Å²) in [5.74, 6) is 0.514. The lowest BCUT2D eigenvalue weighted by Crippen LogP contribution is -2.41. The number of nitrogens with zero attached hydrogens (tertiary/aromatic N) is 4. The SMILES string of the molecule is CC(C)C1CN(C(=O)CCCn2cncn2)CC1NS(C)(=O)=O. The molecule has 2 atom stereocenters. The van der Waals surface area contributed by atoms with Gasteiger partial charge in [0.1, 0.15) is 12.7 Å². The van der Waals surface area contributed by atoms with Gasteiger partial charge in [0.25, 0.3) is 0 Å². The molecule has 23 heavy (non-hydrogen) atoms. The van der Waals surface area contributed by atoms with Crippen LogP contribution in [-0.2, 0) is 21.4 Å². The Balaban J connectivity index is 1.88. The van der Waals surface area contributed by atoms with Crippen LogP contribution in [0.5, 0.6) is 0 Å². The summed E-state index contributed by atoms with van der Waals surface area (Å²) < 4.78 is 27.4. The zero-order valence-electron chi connectivity index (χ0n) is 13.8. The molecule has 8 nitrogen and oxygen atoms in total. The van der Waals surface area contributed by atoms with E-state index in [4.69, 9.17) is 0 Å². The first-order valence-corrected chi connectivity index (χ1v) is 9.73. The maximum absolute atomic E-state index is 12.4. The first kappa shape index (κ1) is 17.9.